The molecule has 0 aliphatic carbocycles. The van der Waals surface area contributed by atoms with Gasteiger partial charge in [0.15, 0.2) is 6.16 Å². The lowest BCUT2D eigenvalue weighted by Crippen LogP contribution is -2.33. The number of nitro benzene ring substituents is 1. The smallest absolute Gasteiger partial charge is 0.258 e. The number of nitrogens with zero attached hydrogens (tertiary/aromatic N) is 1. The molecule has 7 heteroatoms. The number of non-ortho nitro benzene ring substituents is 1. The molecule has 110 valence electrons. The zero-order valence-corrected chi connectivity index (χ0v) is 12.5. The zero-order chi connectivity index (χ0) is 14.8. The lowest BCUT2D eigenvalue weighted by Gasteiger charge is -2.33. The van der Waals surface area contributed by atoms with Crippen LogP contribution in [0.3, 0.4) is 0 Å². The normalized spacial score (nSPS) is 30.1. The Kier molecular flexibility index (Phi) is 4.39. The number of nitro groups is 1. The van der Waals surface area contributed by atoms with Crippen molar-refractivity contribution in [1.82, 2.24) is 0 Å². The van der Waals surface area contributed by atoms with Gasteiger partial charge in [-0.1, -0.05) is 13.8 Å². The van der Waals surface area contributed by atoms with Gasteiger partial charge in [0, 0.05) is 17.5 Å². The predicted octanol–water partition coefficient (Wildman–Crippen LogP) is 3.31. The molecule has 1 aliphatic rings. The monoisotopic (exact) mass is 300 g/mol. The van der Waals surface area contributed by atoms with Gasteiger partial charge in [0.2, 0.25) is 0 Å². The van der Waals surface area contributed by atoms with Gasteiger partial charge in [-0.05, 0) is 24.1 Å². The van der Waals surface area contributed by atoms with E-state index in [0.29, 0.717) is 13.2 Å². The van der Waals surface area contributed by atoms with Crippen LogP contribution < -0.4 is 0 Å². The van der Waals surface area contributed by atoms with Gasteiger partial charge in [0.25, 0.3) is 5.69 Å². The van der Waals surface area contributed by atoms with E-state index in [1.54, 1.807) is 12.1 Å². The highest BCUT2D eigenvalue weighted by Crippen LogP contribution is 2.63. The van der Waals surface area contributed by atoms with E-state index in [1.165, 1.54) is 12.1 Å². The second-order valence-corrected chi connectivity index (χ2v) is 7.54. The zero-order valence-electron chi connectivity index (χ0n) is 11.6. The first kappa shape index (κ1) is 15.3. The van der Waals surface area contributed by atoms with Gasteiger partial charge in [0.05, 0.1) is 4.92 Å². The fraction of sp³-hybridized carbons (Fsp3) is 0.538. The number of benzene rings is 1. The van der Waals surface area contributed by atoms with Crippen LogP contribution in [0.25, 0.3) is 0 Å². The van der Waals surface area contributed by atoms with Crippen molar-refractivity contribution in [3.8, 4) is 0 Å². The number of hydrogen-bond donors (Lipinski definition) is 1. The maximum absolute atomic E-state index is 10.6. The van der Waals surface area contributed by atoms with Gasteiger partial charge in [-0.2, -0.15) is 13.9 Å². The Morgan fingerprint density at radius 1 is 1.35 bits per heavy atom. The highest BCUT2D eigenvalue weighted by atomic mass is 31.2. The molecule has 0 unspecified atom stereocenters. The summed E-state index contributed by atoms with van der Waals surface area (Å²) in [7, 11) is -2.89. The summed E-state index contributed by atoms with van der Waals surface area (Å²) in [5, 5.41) is 10.6. The highest BCUT2D eigenvalue weighted by molar-refractivity contribution is 7.59. The van der Waals surface area contributed by atoms with Crippen LogP contribution in [0.15, 0.2) is 24.3 Å². The van der Waals surface area contributed by atoms with Gasteiger partial charge >= 0.3 is 7.94 Å². The van der Waals surface area contributed by atoms with Crippen molar-refractivity contribution < 1.29 is 18.9 Å². The minimum Gasteiger partial charge on any atom is -0.258 e. The quantitative estimate of drug-likeness (QED) is 0.524. The molecular formula is C13H19NO5P+. The molecule has 0 amide bonds. The predicted molar refractivity (Wildman–Crippen MR) is 76.2 cm³/mol. The molecule has 20 heavy (non-hydrogen) atoms. The van der Waals surface area contributed by atoms with Crippen molar-refractivity contribution in [3.05, 3.63) is 39.9 Å². The van der Waals surface area contributed by atoms with Crippen LogP contribution in [0.4, 0.5) is 5.69 Å². The van der Waals surface area contributed by atoms with Gasteiger partial charge < -0.3 is 0 Å². The van der Waals surface area contributed by atoms with Crippen LogP contribution in [-0.2, 0) is 15.2 Å². The molecular weight excluding hydrogens is 281 g/mol. The number of rotatable bonds is 4. The van der Waals surface area contributed by atoms with E-state index in [-0.39, 0.29) is 17.3 Å². The molecule has 0 aromatic heterocycles. The van der Waals surface area contributed by atoms with Crippen molar-refractivity contribution in [1.29, 1.82) is 0 Å². The fourth-order valence-corrected chi connectivity index (χ4v) is 3.80. The van der Waals surface area contributed by atoms with Crippen molar-refractivity contribution in [2.45, 2.75) is 26.4 Å². The third-order valence-corrected chi connectivity index (χ3v) is 5.44. The molecule has 1 aliphatic heterocycles. The Hall–Kier alpha value is -1.07. The van der Waals surface area contributed by atoms with E-state index >= 15 is 0 Å². The van der Waals surface area contributed by atoms with Gasteiger partial charge in [0.1, 0.15) is 13.2 Å². The third kappa shape index (κ3) is 3.52. The molecule has 1 fully saturated rings. The van der Waals surface area contributed by atoms with Crippen molar-refractivity contribution >= 4 is 13.6 Å². The van der Waals surface area contributed by atoms with E-state index in [4.69, 9.17) is 9.05 Å². The van der Waals surface area contributed by atoms with E-state index in [2.05, 4.69) is 13.8 Å². The summed E-state index contributed by atoms with van der Waals surface area (Å²) >= 11 is 0. The first-order chi connectivity index (χ1) is 9.36. The van der Waals surface area contributed by atoms with Crippen LogP contribution in [-0.4, -0.2) is 23.0 Å². The Bertz CT molecular complexity index is 482. The highest BCUT2D eigenvalue weighted by Gasteiger charge is 2.49. The Balaban J connectivity index is 2.01. The lowest BCUT2D eigenvalue weighted by molar-refractivity contribution is -0.384. The standard InChI is InChI=1S/C13H19NO5P/c1-3-13(2)9-18-20(17,19-10-13)8-11-4-6-12(7-5-11)14(15)16/h4-7,17H,3,8-10H2,1-2H3/q+1. The topological polar surface area (TPSA) is 81.8 Å². The van der Waals surface area contributed by atoms with E-state index in [0.717, 1.165) is 12.0 Å². The summed E-state index contributed by atoms with van der Waals surface area (Å²) in [6.07, 6.45) is 1.18. The summed E-state index contributed by atoms with van der Waals surface area (Å²) in [6, 6.07) is 6.08. The van der Waals surface area contributed by atoms with Crippen molar-refractivity contribution in [2.75, 3.05) is 13.2 Å². The second kappa shape index (κ2) is 5.74. The maximum atomic E-state index is 10.6. The molecule has 0 spiro atoms. The van der Waals surface area contributed by atoms with Crippen LogP contribution in [0, 0.1) is 15.5 Å². The Morgan fingerprint density at radius 3 is 2.35 bits per heavy atom. The SMILES string of the molecule is CCC1(C)CO[P+](O)(Cc2ccc([N+](=O)[O-])cc2)OC1. The van der Waals surface area contributed by atoms with E-state index < -0.39 is 12.9 Å². The van der Waals surface area contributed by atoms with Crippen molar-refractivity contribution in [2.24, 2.45) is 5.41 Å². The molecule has 0 bridgehead atoms. The largest absolute Gasteiger partial charge is 0.413 e. The van der Waals surface area contributed by atoms with Crippen molar-refractivity contribution in [3.63, 3.8) is 0 Å². The summed E-state index contributed by atoms with van der Waals surface area (Å²) < 4.78 is 11.1. The van der Waals surface area contributed by atoms with E-state index in [9.17, 15) is 15.0 Å². The summed E-state index contributed by atoms with van der Waals surface area (Å²) in [4.78, 5) is 20.5. The van der Waals surface area contributed by atoms with Crippen LogP contribution >= 0.6 is 7.94 Å². The second-order valence-electron chi connectivity index (χ2n) is 5.43. The third-order valence-electron chi connectivity index (χ3n) is 3.61. The minimum absolute atomic E-state index is 0.0307. The molecule has 2 rings (SSSR count). The van der Waals surface area contributed by atoms with Crippen LogP contribution in [0.1, 0.15) is 25.8 Å². The molecule has 1 aromatic rings. The molecule has 1 N–H and O–H groups in total. The molecule has 6 nitrogen and oxygen atoms in total. The van der Waals surface area contributed by atoms with Gasteiger partial charge in [-0.25, -0.2) is 0 Å². The molecule has 1 heterocycles. The number of hydrogen-bond acceptors (Lipinski definition) is 5. The fourth-order valence-electron chi connectivity index (χ4n) is 1.84. The first-order valence-corrected chi connectivity index (χ1v) is 8.25. The summed E-state index contributed by atoms with van der Waals surface area (Å²) in [5.74, 6) is 0. The first-order valence-electron chi connectivity index (χ1n) is 6.49. The molecule has 0 atom stereocenters. The molecule has 0 saturated carbocycles. The summed E-state index contributed by atoms with van der Waals surface area (Å²) in [5.41, 5.74) is 0.747. The average Bonchev–Trinajstić information content (AvgIpc) is 2.43. The molecule has 0 radical (unpaired) electrons. The van der Waals surface area contributed by atoms with Gasteiger partial charge in [-0.15, -0.1) is 0 Å². The van der Waals surface area contributed by atoms with Crippen LogP contribution in [0.2, 0.25) is 0 Å². The average molecular weight is 300 g/mol. The molecule has 1 aromatic carbocycles. The summed E-state index contributed by atoms with van der Waals surface area (Å²) in [6.45, 7) is 5.07. The Morgan fingerprint density at radius 2 is 1.90 bits per heavy atom. The molecule has 1 saturated heterocycles. The maximum Gasteiger partial charge on any atom is 0.413 e. The van der Waals surface area contributed by atoms with Gasteiger partial charge in [-0.3, -0.25) is 10.1 Å². The Labute approximate surface area is 118 Å². The minimum atomic E-state index is -2.89. The van der Waals surface area contributed by atoms with E-state index in [1.807, 2.05) is 0 Å². The van der Waals surface area contributed by atoms with Crippen LogP contribution in [0.5, 0.6) is 0 Å². The lowest BCUT2D eigenvalue weighted by atomic mass is 9.90.